The second-order valence-electron chi connectivity index (χ2n) is 5.79. The van der Waals surface area contributed by atoms with Crippen LogP contribution in [0.1, 0.15) is 49.5 Å². The van der Waals surface area contributed by atoms with E-state index in [1.807, 2.05) is 0 Å². The molecule has 0 aliphatic carbocycles. The number of carboxylic acids is 1. The first kappa shape index (κ1) is 18.3. The summed E-state index contributed by atoms with van der Waals surface area (Å²) in [6.07, 6.45) is 0.362. The largest absolute Gasteiger partial charge is 0.478 e. The number of nitrogens with zero attached hydrogens (tertiary/aromatic N) is 1. The van der Waals surface area contributed by atoms with Crippen molar-refractivity contribution in [3.8, 4) is 0 Å². The number of anilines is 1. The molecule has 0 radical (unpaired) electrons. The van der Waals surface area contributed by atoms with Gasteiger partial charge in [-0.05, 0) is 24.6 Å². The number of carbonyl (C=O) groups excluding carboxylic acids is 2. The molecular formula is C18H20N2O5. The van der Waals surface area contributed by atoms with Gasteiger partial charge in [-0.2, -0.15) is 0 Å². The Hall–Kier alpha value is -3.09. The number of carboxylic acid groups (broad SMARTS) is 1. The maximum Gasteiger partial charge on any atom is 0.339 e. The second kappa shape index (κ2) is 7.21. The van der Waals surface area contributed by atoms with Crippen molar-refractivity contribution in [2.75, 3.05) is 19.4 Å². The minimum Gasteiger partial charge on any atom is -0.478 e. The Morgan fingerprint density at radius 3 is 2.40 bits per heavy atom. The first-order chi connectivity index (χ1) is 11.7. The summed E-state index contributed by atoms with van der Waals surface area (Å²) in [5.41, 5.74) is 1.64. The standard InChI is InChI=1S/C18H20N2O5/c1-5-14-12(18(23)24)9-15(25-14)16(21)19-13-8-11(7-6-10(13)2)17(22)20(3)4/h6-9H,5H2,1-4H3,(H,19,21)(H,23,24). The Morgan fingerprint density at radius 1 is 1.20 bits per heavy atom. The zero-order valence-corrected chi connectivity index (χ0v) is 14.5. The van der Waals surface area contributed by atoms with Crippen LogP contribution in [-0.2, 0) is 6.42 Å². The molecule has 2 amide bonds. The van der Waals surface area contributed by atoms with Crippen LogP contribution < -0.4 is 5.32 Å². The van der Waals surface area contributed by atoms with Crippen molar-refractivity contribution in [3.63, 3.8) is 0 Å². The van der Waals surface area contributed by atoms with Gasteiger partial charge in [-0.1, -0.05) is 13.0 Å². The molecule has 2 aromatic rings. The predicted molar refractivity (Wildman–Crippen MR) is 92.2 cm³/mol. The summed E-state index contributed by atoms with van der Waals surface area (Å²) in [4.78, 5) is 37.1. The Bertz CT molecular complexity index is 836. The van der Waals surface area contributed by atoms with Crippen LogP contribution in [0, 0.1) is 6.92 Å². The van der Waals surface area contributed by atoms with E-state index in [2.05, 4.69) is 5.32 Å². The van der Waals surface area contributed by atoms with Gasteiger partial charge in [0, 0.05) is 37.8 Å². The van der Waals surface area contributed by atoms with Crippen molar-refractivity contribution in [2.24, 2.45) is 0 Å². The molecule has 2 rings (SSSR count). The summed E-state index contributed by atoms with van der Waals surface area (Å²) in [5.74, 6) is -1.74. The molecule has 0 spiro atoms. The third-order valence-electron chi connectivity index (χ3n) is 3.72. The van der Waals surface area contributed by atoms with Gasteiger partial charge in [0.25, 0.3) is 11.8 Å². The molecule has 1 heterocycles. The molecule has 0 saturated carbocycles. The minimum atomic E-state index is -1.14. The number of nitrogens with one attached hydrogen (secondary N) is 1. The lowest BCUT2D eigenvalue weighted by Crippen LogP contribution is -2.22. The van der Waals surface area contributed by atoms with E-state index in [0.29, 0.717) is 17.7 Å². The van der Waals surface area contributed by atoms with Crippen LogP contribution in [0.4, 0.5) is 5.69 Å². The molecule has 25 heavy (non-hydrogen) atoms. The number of benzene rings is 1. The summed E-state index contributed by atoms with van der Waals surface area (Å²) >= 11 is 0. The van der Waals surface area contributed by atoms with E-state index < -0.39 is 11.9 Å². The Morgan fingerprint density at radius 2 is 1.88 bits per heavy atom. The smallest absolute Gasteiger partial charge is 0.339 e. The predicted octanol–water partition coefficient (Wildman–Crippen LogP) is 2.80. The quantitative estimate of drug-likeness (QED) is 0.869. The molecule has 0 fully saturated rings. The van der Waals surface area contributed by atoms with Gasteiger partial charge in [0.15, 0.2) is 5.76 Å². The molecule has 132 valence electrons. The number of furan rings is 1. The van der Waals surface area contributed by atoms with Gasteiger partial charge >= 0.3 is 5.97 Å². The normalized spacial score (nSPS) is 10.4. The van der Waals surface area contributed by atoms with Gasteiger partial charge in [0.1, 0.15) is 11.3 Å². The summed E-state index contributed by atoms with van der Waals surface area (Å²) < 4.78 is 5.35. The van der Waals surface area contributed by atoms with Gasteiger partial charge < -0.3 is 19.7 Å². The molecule has 1 aromatic carbocycles. The lowest BCUT2D eigenvalue weighted by Gasteiger charge is -2.13. The minimum absolute atomic E-state index is 0.0269. The van der Waals surface area contributed by atoms with Gasteiger partial charge in [0.2, 0.25) is 0 Å². The average molecular weight is 344 g/mol. The van der Waals surface area contributed by atoms with E-state index in [4.69, 9.17) is 9.52 Å². The van der Waals surface area contributed by atoms with E-state index in [1.165, 1.54) is 11.0 Å². The molecule has 0 bridgehead atoms. The first-order valence-corrected chi connectivity index (χ1v) is 7.74. The Labute approximate surface area is 145 Å². The van der Waals surface area contributed by atoms with Gasteiger partial charge in [0.05, 0.1) is 0 Å². The molecule has 2 N–H and O–H groups in total. The van der Waals surface area contributed by atoms with Gasteiger partial charge in [-0.25, -0.2) is 4.79 Å². The molecule has 7 nitrogen and oxygen atoms in total. The van der Waals surface area contributed by atoms with Crippen LogP contribution in [0.15, 0.2) is 28.7 Å². The Kier molecular flexibility index (Phi) is 5.26. The van der Waals surface area contributed by atoms with E-state index in [9.17, 15) is 14.4 Å². The van der Waals surface area contributed by atoms with E-state index >= 15 is 0 Å². The monoisotopic (exact) mass is 344 g/mol. The topological polar surface area (TPSA) is 99.9 Å². The summed E-state index contributed by atoms with van der Waals surface area (Å²) in [7, 11) is 3.28. The second-order valence-corrected chi connectivity index (χ2v) is 5.79. The fourth-order valence-electron chi connectivity index (χ4n) is 2.32. The van der Waals surface area contributed by atoms with Crippen molar-refractivity contribution < 1.29 is 23.9 Å². The lowest BCUT2D eigenvalue weighted by molar-refractivity contribution is 0.0693. The molecule has 0 aliphatic heterocycles. The zero-order valence-electron chi connectivity index (χ0n) is 14.5. The number of amides is 2. The van der Waals surface area contributed by atoms with Crippen LogP contribution in [0.2, 0.25) is 0 Å². The number of aryl methyl sites for hydroxylation is 2. The third-order valence-corrected chi connectivity index (χ3v) is 3.72. The number of aromatic carboxylic acids is 1. The number of rotatable bonds is 5. The van der Waals surface area contributed by atoms with Crippen molar-refractivity contribution in [1.82, 2.24) is 4.90 Å². The molecule has 0 saturated heterocycles. The van der Waals surface area contributed by atoms with Crippen LogP contribution in [0.25, 0.3) is 0 Å². The summed E-state index contributed by atoms with van der Waals surface area (Å²) in [5, 5.41) is 11.8. The zero-order chi connectivity index (χ0) is 18.7. The highest BCUT2D eigenvalue weighted by atomic mass is 16.4. The average Bonchev–Trinajstić information content (AvgIpc) is 3.00. The Balaban J connectivity index is 2.30. The van der Waals surface area contributed by atoms with Crippen molar-refractivity contribution in [3.05, 3.63) is 52.5 Å². The lowest BCUT2D eigenvalue weighted by atomic mass is 10.1. The number of hydrogen-bond donors (Lipinski definition) is 2. The highest BCUT2D eigenvalue weighted by Gasteiger charge is 2.21. The SMILES string of the molecule is CCc1oc(C(=O)Nc2cc(C(=O)N(C)C)ccc2C)cc1C(=O)O. The molecule has 0 unspecified atom stereocenters. The van der Waals surface area contributed by atoms with Gasteiger partial charge in [-0.3, -0.25) is 9.59 Å². The van der Waals surface area contributed by atoms with Crippen molar-refractivity contribution in [2.45, 2.75) is 20.3 Å². The number of hydrogen-bond acceptors (Lipinski definition) is 4. The van der Waals surface area contributed by atoms with Crippen LogP contribution in [0.3, 0.4) is 0 Å². The summed E-state index contributed by atoms with van der Waals surface area (Å²) in [6.45, 7) is 3.54. The maximum absolute atomic E-state index is 12.4. The fraction of sp³-hybridized carbons (Fsp3) is 0.278. The number of carbonyl (C=O) groups is 3. The molecular weight excluding hydrogens is 324 g/mol. The summed E-state index contributed by atoms with van der Waals surface area (Å²) in [6, 6.07) is 6.20. The van der Waals surface area contributed by atoms with E-state index in [1.54, 1.807) is 46.1 Å². The molecule has 1 aromatic heterocycles. The van der Waals surface area contributed by atoms with Crippen molar-refractivity contribution in [1.29, 1.82) is 0 Å². The maximum atomic E-state index is 12.4. The third kappa shape index (κ3) is 3.88. The first-order valence-electron chi connectivity index (χ1n) is 7.74. The van der Waals surface area contributed by atoms with E-state index in [0.717, 1.165) is 5.56 Å². The van der Waals surface area contributed by atoms with E-state index in [-0.39, 0.29) is 23.0 Å². The van der Waals surface area contributed by atoms with Crippen LogP contribution in [-0.4, -0.2) is 41.9 Å². The highest BCUT2D eigenvalue weighted by Crippen LogP contribution is 2.21. The molecule has 0 atom stereocenters. The molecule has 7 heteroatoms. The van der Waals surface area contributed by atoms with Gasteiger partial charge in [-0.15, -0.1) is 0 Å². The fourth-order valence-corrected chi connectivity index (χ4v) is 2.32. The van der Waals surface area contributed by atoms with Crippen LogP contribution in [0.5, 0.6) is 0 Å². The molecule has 0 aliphatic rings. The highest BCUT2D eigenvalue weighted by molar-refractivity contribution is 6.05. The van der Waals surface area contributed by atoms with Crippen molar-refractivity contribution >= 4 is 23.5 Å². The van der Waals surface area contributed by atoms with Crippen LogP contribution >= 0.6 is 0 Å².